The summed E-state index contributed by atoms with van der Waals surface area (Å²) in [6.07, 6.45) is 4.09. The Kier molecular flexibility index (Phi) is 4.30. The van der Waals surface area contributed by atoms with E-state index in [1.165, 1.54) is 6.42 Å². The maximum absolute atomic E-state index is 5.21. The normalized spacial score (nSPS) is 20.4. The first-order valence-electron chi connectivity index (χ1n) is 6.05. The third-order valence-electron chi connectivity index (χ3n) is 2.96. The standard InChI is InChI=1S/C11H20N4O/c1-12-5-2-3-11-14-10(15-16-11)7-9-4-6-13-8-9/h9,12-13H,2-8H2,1H3. The maximum Gasteiger partial charge on any atom is 0.226 e. The molecule has 5 heteroatoms. The monoisotopic (exact) mass is 224 g/mol. The van der Waals surface area contributed by atoms with Crippen molar-refractivity contribution < 1.29 is 4.52 Å². The van der Waals surface area contributed by atoms with E-state index < -0.39 is 0 Å². The second kappa shape index (κ2) is 5.96. The van der Waals surface area contributed by atoms with Gasteiger partial charge in [-0.2, -0.15) is 4.98 Å². The Morgan fingerprint density at radius 2 is 2.50 bits per heavy atom. The minimum absolute atomic E-state index is 0.683. The van der Waals surface area contributed by atoms with Gasteiger partial charge in [0.15, 0.2) is 5.82 Å². The van der Waals surface area contributed by atoms with Gasteiger partial charge in [0.2, 0.25) is 5.89 Å². The third-order valence-corrected chi connectivity index (χ3v) is 2.96. The van der Waals surface area contributed by atoms with E-state index in [0.29, 0.717) is 5.92 Å². The molecule has 90 valence electrons. The van der Waals surface area contributed by atoms with E-state index in [9.17, 15) is 0 Å². The molecule has 16 heavy (non-hydrogen) atoms. The summed E-state index contributed by atoms with van der Waals surface area (Å²) in [6.45, 7) is 3.20. The van der Waals surface area contributed by atoms with Gasteiger partial charge in [-0.15, -0.1) is 0 Å². The molecule has 1 unspecified atom stereocenters. The highest BCUT2D eigenvalue weighted by atomic mass is 16.5. The second-order valence-corrected chi connectivity index (χ2v) is 4.37. The summed E-state index contributed by atoms with van der Waals surface area (Å²) >= 11 is 0. The van der Waals surface area contributed by atoms with Crippen LogP contribution in [0.5, 0.6) is 0 Å². The highest BCUT2D eigenvalue weighted by molar-refractivity contribution is 4.90. The van der Waals surface area contributed by atoms with Gasteiger partial charge in [0.1, 0.15) is 0 Å². The second-order valence-electron chi connectivity index (χ2n) is 4.37. The molecule has 1 saturated heterocycles. The van der Waals surface area contributed by atoms with E-state index in [1.54, 1.807) is 0 Å². The molecule has 0 saturated carbocycles. The first-order valence-corrected chi connectivity index (χ1v) is 6.05. The van der Waals surface area contributed by atoms with Gasteiger partial charge in [0.25, 0.3) is 0 Å². The van der Waals surface area contributed by atoms with E-state index in [0.717, 1.165) is 50.6 Å². The summed E-state index contributed by atoms with van der Waals surface area (Å²) in [5, 5.41) is 10.5. The lowest BCUT2D eigenvalue weighted by Gasteiger charge is -2.01. The zero-order chi connectivity index (χ0) is 11.2. The van der Waals surface area contributed by atoms with Crippen LogP contribution in [-0.4, -0.2) is 36.8 Å². The number of aromatic nitrogens is 2. The predicted octanol–water partition coefficient (Wildman–Crippen LogP) is 0.374. The molecule has 0 spiro atoms. The van der Waals surface area contributed by atoms with Crippen LogP contribution in [0, 0.1) is 5.92 Å². The van der Waals surface area contributed by atoms with Gasteiger partial charge >= 0.3 is 0 Å². The summed E-state index contributed by atoms with van der Waals surface area (Å²) in [4.78, 5) is 4.41. The van der Waals surface area contributed by atoms with Crippen LogP contribution in [0.3, 0.4) is 0 Å². The van der Waals surface area contributed by atoms with Crippen molar-refractivity contribution in [2.24, 2.45) is 5.92 Å². The fourth-order valence-corrected chi connectivity index (χ4v) is 2.04. The number of hydrogen-bond acceptors (Lipinski definition) is 5. The summed E-state index contributed by atoms with van der Waals surface area (Å²) in [7, 11) is 1.95. The first-order chi connectivity index (χ1) is 7.88. The summed E-state index contributed by atoms with van der Waals surface area (Å²) in [6, 6.07) is 0. The molecule has 0 bridgehead atoms. The van der Waals surface area contributed by atoms with Gasteiger partial charge in [-0.05, 0) is 45.4 Å². The fourth-order valence-electron chi connectivity index (χ4n) is 2.04. The van der Waals surface area contributed by atoms with E-state index in [2.05, 4.69) is 20.8 Å². The van der Waals surface area contributed by atoms with Crippen molar-refractivity contribution in [3.63, 3.8) is 0 Å². The molecule has 1 aromatic rings. The molecule has 1 aromatic heterocycles. The van der Waals surface area contributed by atoms with Gasteiger partial charge in [-0.25, -0.2) is 0 Å². The minimum Gasteiger partial charge on any atom is -0.339 e. The van der Waals surface area contributed by atoms with Crippen LogP contribution in [-0.2, 0) is 12.8 Å². The lowest BCUT2D eigenvalue weighted by molar-refractivity contribution is 0.367. The summed E-state index contributed by atoms with van der Waals surface area (Å²) < 4.78 is 5.21. The van der Waals surface area contributed by atoms with Crippen LogP contribution in [0.4, 0.5) is 0 Å². The molecule has 1 aliphatic rings. The predicted molar refractivity (Wildman–Crippen MR) is 61.2 cm³/mol. The number of aryl methyl sites for hydroxylation is 1. The number of hydrogen-bond donors (Lipinski definition) is 2. The van der Waals surface area contributed by atoms with Gasteiger partial charge in [-0.3, -0.25) is 0 Å². The van der Waals surface area contributed by atoms with Gasteiger partial charge in [0.05, 0.1) is 0 Å². The number of rotatable bonds is 6. The van der Waals surface area contributed by atoms with Crippen LogP contribution >= 0.6 is 0 Å². The molecular formula is C11H20N4O. The van der Waals surface area contributed by atoms with E-state index in [1.807, 2.05) is 7.05 Å². The third kappa shape index (κ3) is 3.28. The topological polar surface area (TPSA) is 63.0 Å². The molecular weight excluding hydrogens is 204 g/mol. The fraction of sp³-hybridized carbons (Fsp3) is 0.818. The Bertz CT molecular complexity index is 307. The van der Waals surface area contributed by atoms with Gasteiger partial charge in [0, 0.05) is 12.8 Å². The molecule has 0 radical (unpaired) electrons. The molecule has 1 aliphatic heterocycles. The van der Waals surface area contributed by atoms with Gasteiger partial charge in [-0.1, -0.05) is 5.16 Å². The zero-order valence-corrected chi connectivity index (χ0v) is 9.83. The summed E-state index contributed by atoms with van der Waals surface area (Å²) in [5.41, 5.74) is 0. The lowest BCUT2D eigenvalue weighted by atomic mass is 10.1. The molecule has 0 amide bonds. The quantitative estimate of drug-likeness (QED) is 0.684. The average molecular weight is 224 g/mol. The zero-order valence-electron chi connectivity index (χ0n) is 9.83. The number of nitrogens with one attached hydrogen (secondary N) is 2. The average Bonchev–Trinajstić information content (AvgIpc) is 2.91. The van der Waals surface area contributed by atoms with Crippen LogP contribution in [0.25, 0.3) is 0 Å². The molecule has 1 atom stereocenters. The van der Waals surface area contributed by atoms with Gasteiger partial charge < -0.3 is 15.2 Å². The van der Waals surface area contributed by atoms with Crippen molar-refractivity contribution in [2.45, 2.75) is 25.7 Å². The van der Waals surface area contributed by atoms with E-state index in [-0.39, 0.29) is 0 Å². The van der Waals surface area contributed by atoms with Crippen molar-refractivity contribution in [2.75, 3.05) is 26.7 Å². The Labute approximate surface area is 96.0 Å². The molecule has 0 aliphatic carbocycles. The Balaban J connectivity index is 1.77. The van der Waals surface area contributed by atoms with Crippen molar-refractivity contribution in [3.8, 4) is 0 Å². The Hall–Kier alpha value is -0.940. The molecule has 1 fully saturated rings. The largest absolute Gasteiger partial charge is 0.339 e. The highest BCUT2D eigenvalue weighted by Crippen LogP contribution is 2.13. The first kappa shape index (κ1) is 11.5. The van der Waals surface area contributed by atoms with Crippen molar-refractivity contribution in [3.05, 3.63) is 11.7 Å². The SMILES string of the molecule is CNCCCc1nc(CC2CCNC2)no1. The van der Waals surface area contributed by atoms with Crippen LogP contribution in [0.15, 0.2) is 4.52 Å². The lowest BCUT2D eigenvalue weighted by Crippen LogP contribution is -2.11. The maximum atomic E-state index is 5.21. The molecule has 2 N–H and O–H groups in total. The van der Waals surface area contributed by atoms with E-state index in [4.69, 9.17) is 4.52 Å². The molecule has 5 nitrogen and oxygen atoms in total. The van der Waals surface area contributed by atoms with Crippen molar-refractivity contribution in [1.82, 2.24) is 20.8 Å². The molecule has 0 aromatic carbocycles. The smallest absolute Gasteiger partial charge is 0.226 e. The van der Waals surface area contributed by atoms with Crippen molar-refractivity contribution in [1.29, 1.82) is 0 Å². The minimum atomic E-state index is 0.683. The van der Waals surface area contributed by atoms with Crippen LogP contribution in [0.1, 0.15) is 24.6 Å². The van der Waals surface area contributed by atoms with Crippen LogP contribution in [0.2, 0.25) is 0 Å². The molecule has 2 heterocycles. The van der Waals surface area contributed by atoms with Crippen molar-refractivity contribution >= 4 is 0 Å². The summed E-state index contributed by atoms with van der Waals surface area (Å²) in [5.74, 6) is 2.33. The highest BCUT2D eigenvalue weighted by Gasteiger charge is 2.17. The number of nitrogens with zero attached hydrogens (tertiary/aromatic N) is 2. The van der Waals surface area contributed by atoms with Crippen LogP contribution < -0.4 is 10.6 Å². The Morgan fingerprint density at radius 1 is 1.56 bits per heavy atom. The Morgan fingerprint density at radius 3 is 3.25 bits per heavy atom. The molecule has 2 rings (SSSR count). The van der Waals surface area contributed by atoms with E-state index >= 15 is 0 Å².